The van der Waals surface area contributed by atoms with Crippen molar-refractivity contribution in [2.75, 3.05) is 0 Å². The van der Waals surface area contributed by atoms with E-state index < -0.39 is 0 Å². The Labute approximate surface area is 98.7 Å². The van der Waals surface area contributed by atoms with Gasteiger partial charge in [0.05, 0.1) is 0 Å². The molecular formula is C14H10N2O. The van der Waals surface area contributed by atoms with Crippen molar-refractivity contribution in [3.8, 4) is 11.6 Å². The van der Waals surface area contributed by atoms with Gasteiger partial charge in [-0.15, -0.1) is 0 Å². The molecule has 0 N–H and O–H groups in total. The summed E-state index contributed by atoms with van der Waals surface area (Å²) in [4.78, 5) is 8.33. The Morgan fingerprint density at radius 3 is 2.65 bits per heavy atom. The number of aromatic nitrogens is 2. The van der Waals surface area contributed by atoms with Crippen molar-refractivity contribution in [3.63, 3.8) is 0 Å². The molecule has 1 aromatic carbocycles. The van der Waals surface area contributed by atoms with Crippen LogP contribution < -0.4 is 4.74 Å². The van der Waals surface area contributed by atoms with Gasteiger partial charge in [-0.2, -0.15) is 0 Å². The van der Waals surface area contributed by atoms with Gasteiger partial charge in [0.2, 0.25) is 5.88 Å². The second-order valence-electron chi connectivity index (χ2n) is 3.63. The predicted molar refractivity (Wildman–Crippen MR) is 66.1 cm³/mol. The maximum atomic E-state index is 5.75. The van der Waals surface area contributed by atoms with E-state index in [9.17, 15) is 0 Å². The molecule has 0 saturated carbocycles. The van der Waals surface area contributed by atoms with E-state index in [0.29, 0.717) is 5.88 Å². The quantitative estimate of drug-likeness (QED) is 0.666. The molecule has 0 radical (unpaired) electrons. The number of nitrogens with zero attached hydrogens (tertiary/aromatic N) is 2. The fourth-order valence-corrected chi connectivity index (χ4v) is 1.67. The molecule has 0 amide bonds. The van der Waals surface area contributed by atoms with E-state index in [-0.39, 0.29) is 0 Å². The van der Waals surface area contributed by atoms with Gasteiger partial charge in [0.25, 0.3) is 0 Å². The van der Waals surface area contributed by atoms with E-state index >= 15 is 0 Å². The number of para-hydroxylation sites is 1. The van der Waals surface area contributed by atoms with Crippen LogP contribution in [-0.2, 0) is 0 Å². The molecule has 2 heterocycles. The first-order valence-electron chi connectivity index (χ1n) is 5.35. The monoisotopic (exact) mass is 222 g/mol. The largest absolute Gasteiger partial charge is 0.438 e. The average Bonchev–Trinajstić information content (AvgIpc) is 2.40. The summed E-state index contributed by atoms with van der Waals surface area (Å²) in [5.41, 5.74) is 0. The second kappa shape index (κ2) is 4.22. The molecule has 2 aromatic heterocycles. The Morgan fingerprint density at radius 2 is 1.76 bits per heavy atom. The van der Waals surface area contributed by atoms with Crippen molar-refractivity contribution < 1.29 is 4.74 Å². The third-order valence-electron chi connectivity index (χ3n) is 2.49. The molecule has 0 fully saturated rings. The highest BCUT2D eigenvalue weighted by atomic mass is 16.5. The summed E-state index contributed by atoms with van der Waals surface area (Å²) in [5, 5.41) is 1.99. The molecule has 3 nitrogen and oxygen atoms in total. The summed E-state index contributed by atoms with van der Waals surface area (Å²) < 4.78 is 5.75. The van der Waals surface area contributed by atoms with E-state index in [4.69, 9.17) is 4.74 Å². The van der Waals surface area contributed by atoms with E-state index in [1.165, 1.54) is 0 Å². The van der Waals surface area contributed by atoms with Gasteiger partial charge in [-0.1, -0.05) is 18.2 Å². The zero-order valence-electron chi connectivity index (χ0n) is 9.08. The van der Waals surface area contributed by atoms with Crippen molar-refractivity contribution in [1.29, 1.82) is 0 Å². The molecule has 0 aliphatic rings. The van der Waals surface area contributed by atoms with E-state index in [1.54, 1.807) is 18.6 Å². The zero-order chi connectivity index (χ0) is 11.5. The third-order valence-corrected chi connectivity index (χ3v) is 2.49. The number of ether oxygens (including phenoxy) is 1. The van der Waals surface area contributed by atoms with Crippen molar-refractivity contribution in [2.45, 2.75) is 0 Å². The molecule has 0 unspecified atom stereocenters. The fourth-order valence-electron chi connectivity index (χ4n) is 1.67. The van der Waals surface area contributed by atoms with Gasteiger partial charge in [0.1, 0.15) is 5.75 Å². The van der Waals surface area contributed by atoms with Gasteiger partial charge in [-0.25, -0.2) is 4.98 Å². The SMILES string of the molecule is c1ccc(Oc2nccc3cnccc23)cc1. The smallest absolute Gasteiger partial charge is 0.227 e. The van der Waals surface area contributed by atoms with Gasteiger partial charge in [0, 0.05) is 29.4 Å². The van der Waals surface area contributed by atoms with E-state index in [1.807, 2.05) is 42.5 Å². The van der Waals surface area contributed by atoms with Crippen LogP contribution in [0.5, 0.6) is 11.6 Å². The topological polar surface area (TPSA) is 35.0 Å². The van der Waals surface area contributed by atoms with Gasteiger partial charge >= 0.3 is 0 Å². The zero-order valence-corrected chi connectivity index (χ0v) is 9.08. The molecule has 0 aliphatic heterocycles. The molecule has 0 spiro atoms. The van der Waals surface area contributed by atoms with Crippen LogP contribution in [0.2, 0.25) is 0 Å². The van der Waals surface area contributed by atoms with Crippen molar-refractivity contribution >= 4 is 10.8 Å². The lowest BCUT2D eigenvalue weighted by atomic mass is 10.2. The van der Waals surface area contributed by atoms with Crippen LogP contribution in [-0.4, -0.2) is 9.97 Å². The van der Waals surface area contributed by atoms with Crippen LogP contribution >= 0.6 is 0 Å². The molecule has 82 valence electrons. The van der Waals surface area contributed by atoms with Crippen molar-refractivity contribution in [3.05, 3.63) is 61.1 Å². The lowest BCUT2D eigenvalue weighted by Gasteiger charge is -2.06. The van der Waals surface area contributed by atoms with E-state index in [0.717, 1.165) is 16.5 Å². The van der Waals surface area contributed by atoms with Gasteiger partial charge in [-0.3, -0.25) is 4.98 Å². The molecular weight excluding hydrogens is 212 g/mol. The maximum absolute atomic E-state index is 5.75. The number of hydrogen-bond acceptors (Lipinski definition) is 3. The molecule has 17 heavy (non-hydrogen) atoms. The van der Waals surface area contributed by atoms with Gasteiger partial charge in [-0.05, 0) is 24.3 Å². The third kappa shape index (κ3) is 1.95. The second-order valence-corrected chi connectivity index (χ2v) is 3.63. The average molecular weight is 222 g/mol. The highest BCUT2D eigenvalue weighted by molar-refractivity contribution is 5.85. The van der Waals surface area contributed by atoms with Gasteiger partial charge < -0.3 is 4.74 Å². The summed E-state index contributed by atoms with van der Waals surface area (Å²) in [6.07, 6.45) is 5.26. The van der Waals surface area contributed by atoms with Gasteiger partial charge in [0.15, 0.2) is 0 Å². The first-order valence-corrected chi connectivity index (χ1v) is 5.35. The van der Waals surface area contributed by atoms with Crippen LogP contribution in [0.1, 0.15) is 0 Å². The Kier molecular flexibility index (Phi) is 2.43. The van der Waals surface area contributed by atoms with E-state index in [2.05, 4.69) is 9.97 Å². The standard InChI is InChI=1S/C14H10N2O/c1-2-4-12(5-3-1)17-14-13-7-8-15-10-11(13)6-9-16-14/h1-10H. The summed E-state index contributed by atoms with van der Waals surface area (Å²) in [5.74, 6) is 1.39. The Bertz CT molecular complexity index is 633. The first kappa shape index (κ1) is 9.78. The summed E-state index contributed by atoms with van der Waals surface area (Å²) in [6, 6.07) is 13.4. The molecule has 0 saturated heterocycles. The molecule has 3 heteroatoms. The normalized spacial score (nSPS) is 10.4. The number of fused-ring (bicyclic) bond motifs is 1. The first-order chi connectivity index (χ1) is 8.43. The lowest BCUT2D eigenvalue weighted by Crippen LogP contribution is -1.89. The number of hydrogen-bond donors (Lipinski definition) is 0. The van der Waals surface area contributed by atoms with Crippen LogP contribution in [0.25, 0.3) is 10.8 Å². The van der Waals surface area contributed by atoms with Crippen molar-refractivity contribution in [1.82, 2.24) is 9.97 Å². The number of benzene rings is 1. The summed E-state index contributed by atoms with van der Waals surface area (Å²) in [6.45, 7) is 0. The molecule has 0 aliphatic carbocycles. The Hall–Kier alpha value is -2.42. The minimum atomic E-state index is 0.608. The van der Waals surface area contributed by atoms with Crippen LogP contribution in [0.4, 0.5) is 0 Å². The Morgan fingerprint density at radius 1 is 0.882 bits per heavy atom. The van der Waals surface area contributed by atoms with Crippen LogP contribution in [0.15, 0.2) is 61.1 Å². The maximum Gasteiger partial charge on any atom is 0.227 e. The van der Waals surface area contributed by atoms with Crippen LogP contribution in [0.3, 0.4) is 0 Å². The van der Waals surface area contributed by atoms with Crippen molar-refractivity contribution in [2.24, 2.45) is 0 Å². The molecule has 3 rings (SSSR count). The summed E-state index contributed by atoms with van der Waals surface area (Å²) >= 11 is 0. The number of rotatable bonds is 2. The van der Waals surface area contributed by atoms with Crippen LogP contribution in [0, 0.1) is 0 Å². The highest BCUT2D eigenvalue weighted by Crippen LogP contribution is 2.26. The minimum Gasteiger partial charge on any atom is -0.438 e. The Balaban J connectivity index is 2.06. The molecule has 0 bridgehead atoms. The highest BCUT2D eigenvalue weighted by Gasteiger charge is 2.03. The lowest BCUT2D eigenvalue weighted by molar-refractivity contribution is 0.469. The fraction of sp³-hybridized carbons (Fsp3) is 0. The number of pyridine rings is 2. The minimum absolute atomic E-state index is 0.608. The molecule has 3 aromatic rings. The predicted octanol–water partition coefficient (Wildman–Crippen LogP) is 3.42. The summed E-state index contributed by atoms with van der Waals surface area (Å²) in [7, 11) is 0. The molecule has 0 atom stereocenters.